The molecule has 1 N–H and O–H groups in total. The molecule has 0 aromatic carbocycles. The lowest BCUT2D eigenvalue weighted by molar-refractivity contribution is -0.0618. The number of hydrogen-bond donors (Lipinski definition) is 1. The van der Waals surface area contributed by atoms with Gasteiger partial charge in [0.25, 0.3) is 0 Å². The molecule has 0 radical (unpaired) electrons. The summed E-state index contributed by atoms with van der Waals surface area (Å²) in [4.78, 5) is 0. The van der Waals surface area contributed by atoms with Crippen molar-refractivity contribution in [1.29, 1.82) is 0 Å². The molecule has 5 rings (SSSR count). The molecule has 4 bridgehead atoms. The lowest BCUT2D eigenvalue weighted by atomic mass is 9.45. The van der Waals surface area contributed by atoms with Crippen LogP contribution in [0, 0.1) is 17.3 Å². The monoisotopic (exact) mass is 305 g/mol. The molecule has 0 saturated heterocycles. The Balaban J connectivity index is 1.67. The maximum absolute atomic E-state index is 4.68. The molecule has 3 nitrogen and oxygen atoms in total. The fourth-order valence-electron chi connectivity index (χ4n) is 6.06. The molecule has 0 amide bonds. The molecule has 4 aliphatic rings. The molecule has 4 heteroatoms. The van der Waals surface area contributed by atoms with Gasteiger partial charge in [-0.3, -0.25) is 0 Å². The highest BCUT2D eigenvalue weighted by Gasteiger charge is 2.57. The predicted octanol–water partition coefficient (Wildman–Crippen LogP) is 4.07. The Hall–Kier alpha value is -0.480. The lowest BCUT2D eigenvalue weighted by Gasteiger charge is -2.60. The third-order valence-electron chi connectivity index (χ3n) is 6.30. The van der Waals surface area contributed by atoms with Crippen molar-refractivity contribution in [2.24, 2.45) is 17.3 Å². The average Bonchev–Trinajstić information content (AvgIpc) is 2.87. The Labute approximate surface area is 131 Å². The zero-order chi connectivity index (χ0) is 14.7. The smallest absolute Gasteiger partial charge is 0.134 e. The Bertz CT molecular complexity index is 520. The zero-order valence-corrected chi connectivity index (χ0v) is 14.3. The molecule has 3 atom stereocenters. The van der Waals surface area contributed by atoms with Crippen molar-refractivity contribution in [3.8, 4) is 0 Å². The summed E-state index contributed by atoms with van der Waals surface area (Å²) in [5.74, 6) is 1.91. The van der Waals surface area contributed by atoms with Crippen LogP contribution in [0.3, 0.4) is 0 Å². The Morgan fingerprint density at radius 1 is 1.24 bits per heavy atom. The normalized spacial score (nSPS) is 42.4. The molecule has 1 aromatic rings. The van der Waals surface area contributed by atoms with E-state index in [1.54, 1.807) is 0 Å². The Kier molecular flexibility index (Phi) is 3.20. The van der Waals surface area contributed by atoms with Crippen molar-refractivity contribution in [3.05, 3.63) is 10.0 Å². The highest BCUT2D eigenvalue weighted by molar-refractivity contribution is 7.11. The van der Waals surface area contributed by atoms with E-state index in [2.05, 4.69) is 29.4 Å². The van der Waals surface area contributed by atoms with Gasteiger partial charge in [-0.1, -0.05) is 25.2 Å². The first-order valence-electron chi connectivity index (χ1n) is 8.57. The molecule has 1 heterocycles. The molecular weight excluding hydrogens is 278 g/mol. The van der Waals surface area contributed by atoms with Gasteiger partial charge >= 0.3 is 0 Å². The van der Waals surface area contributed by atoms with Gasteiger partial charge in [-0.2, -0.15) is 0 Å². The average molecular weight is 305 g/mol. The summed E-state index contributed by atoms with van der Waals surface area (Å²) in [5.41, 5.74) is 0.962. The van der Waals surface area contributed by atoms with Crippen LogP contribution < -0.4 is 5.32 Å². The third-order valence-corrected chi connectivity index (χ3v) is 7.59. The van der Waals surface area contributed by atoms with Crippen LogP contribution in [0.25, 0.3) is 0 Å². The van der Waals surface area contributed by atoms with Gasteiger partial charge in [0, 0.05) is 5.41 Å². The fraction of sp³-hybridized carbons (Fsp3) is 0.882. The largest absolute Gasteiger partial charge is 0.311 e. The van der Waals surface area contributed by atoms with E-state index in [0.29, 0.717) is 16.9 Å². The number of rotatable bonds is 4. The second kappa shape index (κ2) is 4.76. The number of nitrogens with zero attached hydrogens (tertiary/aromatic N) is 2. The van der Waals surface area contributed by atoms with E-state index in [0.717, 1.165) is 18.3 Å². The van der Waals surface area contributed by atoms with E-state index in [-0.39, 0.29) is 0 Å². The quantitative estimate of drug-likeness (QED) is 0.911. The Morgan fingerprint density at radius 3 is 2.52 bits per heavy atom. The first kappa shape index (κ1) is 14.1. The lowest BCUT2D eigenvalue weighted by Crippen LogP contribution is -2.52. The van der Waals surface area contributed by atoms with Crippen LogP contribution in [-0.2, 0) is 5.41 Å². The van der Waals surface area contributed by atoms with Gasteiger partial charge in [0.1, 0.15) is 10.0 Å². The van der Waals surface area contributed by atoms with Crippen molar-refractivity contribution in [2.45, 2.75) is 70.3 Å². The minimum atomic E-state index is 0.376. The van der Waals surface area contributed by atoms with E-state index in [1.807, 2.05) is 18.4 Å². The fourth-order valence-corrected chi connectivity index (χ4v) is 7.31. The van der Waals surface area contributed by atoms with Crippen LogP contribution in [-0.4, -0.2) is 17.2 Å². The van der Waals surface area contributed by atoms with E-state index in [1.165, 1.54) is 48.5 Å². The minimum absolute atomic E-state index is 0.376. The molecule has 116 valence electrons. The first-order valence-corrected chi connectivity index (χ1v) is 9.39. The van der Waals surface area contributed by atoms with Gasteiger partial charge in [-0.15, -0.1) is 10.2 Å². The number of aromatic nitrogens is 2. The minimum Gasteiger partial charge on any atom is -0.311 e. The SMILES string of the molecule is CCC(NC)c1nnc(C23CC4CC(CC(C)(C4)C2)C3)s1. The van der Waals surface area contributed by atoms with Gasteiger partial charge in [-0.25, -0.2) is 0 Å². The van der Waals surface area contributed by atoms with Crippen LogP contribution in [0.15, 0.2) is 0 Å². The van der Waals surface area contributed by atoms with Gasteiger partial charge in [0.2, 0.25) is 0 Å². The van der Waals surface area contributed by atoms with Crippen molar-refractivity contribution < 1.29 is 0 Å². The highest BCUT2D eigenvalue weighted by atomic mass is 32.1. The topological polar surface area (TPSA) is 37.8 Å². The van der Waals surface area contributed by atoms with Gasteiger partial charge < -0.3 is 5.32 Å². The molecule has 1 aromatic heterocycles. The van der Waals surface area contributed by atoms with Crippen LogP contribution in [0.4, 0.5) is 0 Å². The number of nitrogens with one attached hydrogen (secondary N) is 1. The van der Waals surface area contributed by atoms with E-state index >= 15 is 0 Å². The molecule has 4 saturated carbocycles. The van der Waals surface area contributed by atoms with Crippen LogP contribution in [0.2, 0.25) is 0 Å². The maximum atomic E-state index is 4.68. The molecular formula is C17H27N3S. The highest BCUT2D eigenvalue weighted by Crippen LogP contribution is 2.65. The predicted molar refractivity (Wildman–Crippen MR) is 86.5 cm³/mol. The molecule has 4 aliphatic carbocycles. The van der Waals surface area contributed by atoms with Gasteiger partial charge in [-0.05, 0) is 69.2 Å². The molecule has 3 unspecified atom stereocenters. The standard InChI is InChI=1S/C17H27N3S/c1-4-13(18-3)14-19-20-15(21-14)17-8-11-5-12(9-17)7-16(2,6-11)10-17/h11-13,18H,4-10H2,1-3H3. The Morgan fingerprint density at radius 2 is 1.95 bits per heavy atom. The summed E-state index contributed by atoms with van der Waals surface area (Å²) in [6.07, 6.45) is 9.61. The second-order valence-electron chi connectivity index (χ2n) is 8.25. The summed E-state index contributed by atoms with van der Waals surface area (Å²) in [6.45, 7) is 4.75. The van der Waals surface area contributed by atoms with Crippen molar-refractivity contribution in [1.82, 2.24) is 15.5 Å². The van der Waals surface area contributed by atoms with E-state index in [9.17, 15) is 0 Å². The van der Waals surface area contributed by atoms with Crippen LogP contribution in [0.1, 0.15) is 74.9 Å². The molecule has 4 fully saturated rings. The van der Waals surface area contributed by atoms with E-state index < -0.39 is 0 Å². The van der Waals surface area contributed by atoms with Gasteiger partial charge in [0.15, 0.2) is 0 Å². The number of hydrogen-bond acceptors (Lipinski definition) is 4. The third kappa shape index (κ3) is 2.17. The second-order valence-corrected chi connectivity index (χ2v) is 9.26. The summed E-state index contributed by atoms with van der Waals surface area (Å²) >= 11 is 1.89. The van der Waals surface area contributed by atoms with Gasteiger partial charge in [0.05, 0.1) is 6.04 Å². The summed E-state index contributed by atoms with van der Waals surface area (Å²) < 4.78 is 0. The van der Waals surface area contributed by atoms with Crippen molar-refractivity contribution >= 4 is 11.3 Å². The summed E-state index contributed by atoms with van der Waals surface area (Å²) in [5, 5.41) is 15.1. The van der Waals surface area contributed by atoms with Crippen LogP contribution in [0.5, 0.6) is 0 Å². The maximum Gasteiger partial charge on any atom is 0.134 e. The first-order chi connectivity index (χ1) is 10.1. The van der Waals surface area contributed by atoms with E-state index in [4.69, 9.17) is 0 Å². The summed E-state index contributed by atoms with van der Waals surface area (Å²) in [6, 6.07) is 0.376. The van der Waals surface area contributed by atoms with Crippen molar-refractivity contribution in [3.63, 3.8) is 0 Å². The molecule has 0 aliphatic heterocycles. The molecule has 21 heavy (non-hydrogen) atoms. The summed E-state index contributed by atoms with van der Waals surface area (Å²) in [7, 11) is 2.03. The zero-order valence-electron chi connectivity index (χ0n) is 13.5. The van der Waals surface area contributed by atoms with Crippen molar-refractivity contribution in [2.75, 3.05) is 7.05 Å². The molecule has 0 spiro atoms. The van der Waals surface area contributed by atoms with Crippen LogP contribution >= 0.6 is 11.3 Å².